The molecule has 2 heterocycles. The van der Waals surface area contributed by atoms with E-state index in [1.54, 1.807) is 17.6 Å². The van der Waals surface area contributed by atoms with Crippen molar-refractivity contribution in [2.75, 3.05) is 0 Å². The van der Waals surface area contributed by atoms with E-state index >= 15 is 0 Å². The summed E-state index contributed by atoms with van der Waals surface area (Å²) in [6.07, 6.45) is 6.40. The third-order valence-corrected chi connectivity index (χ3v) is 10.5. The van der Waals surface area contributed by atoms with E-state index < -0.39 is 0 Å². The van der Waals surface area contributed by atoms with E-state index in [0.29, 0.717) is 29.7 Å². The van der Waals surface area contributed by atoms with Gasteiger partial charge in [0.2, 0.25) is 0 Å². The number of hydrogen-bond acceptors (Lipinski definition) is 5. The lowest BCUT2D eigenvalue weighted by Crippen LogP contribution is -2.28. The zero-order chi connectivity index (χ0) is 29.1. The van der Waals surface area contributed by atoms with E-state index in [0.717, 1.165) is 59.6 Å². The Labute approximate surface area is 277 Å². The van der Waals surface area contributed by atoms with Crippen molar-refractivity contribution in [3.8, 4) is 5.75 Å². The lowest BCUT2D eigenvalue weighted by molar-refractivity contribution is 0.0947. The fourth-order valence-corrected chi connectivity index (χ4v) is 8.58. The summed E-state index contributed by atoms with van der Waals surface area (Å²) in [5.74, 6) is 2.01. The highest BCUT2D eigenvalue weighted by atomic mass is 127. The number of thiophene rings is 1. The van der Waals surface area contributed by atoms with Crippen LogP contribution < -0.4 is 10.1 Å². The maximum absolute atomic E-state index is 13.5. The molecule has 0 unspecified atom stereocenters. The molecular weight excluding hydrogens is 782 g/mol. The SMILES string of the molecule is CC(C)(C)[C@H]1CCc2c(sc(N=Cc3cc(I)c(OCc4ccccc4Cl)c(I)c3)c2C(=O)NCc2ccco2)C1. The first-order chi connectivity index (χ1) is 19.6. The average Bonchev–Trinajstić information content (AvgIpc) is 3.58. The Morgan fingerprint density at radius 2 is 1.95 bits per heavy atom. The Kier molecular flexibility index (Phi) is 9.82. The van der Waals surface area contributed by atoms with Gasteiger partial charge in [0.1, 0.15) is 23.1 Å². The molecule has 2 aromatic carbocycles. The first-order valence-electron chi connectivity index (χ1n) is 13.4. The van der Waals surface area contributed by atoms with E-state index in [9.17, 15) is 4.79 Å². The standard InChI is InChI=1S/C32H31ClI2N2O3S/c1-32(2,3)21-10-11-23-27(15-21)41-31(28(23)30(38)36-17-22-8-6-12-39-22)37-16-19-13-25(34)29(26(35)14-19)40-18-20-7-4-5-9-24(20)33/h4-9,12-14,16,21H,10-11,15,17-18H2,1-3H3,(H,36,38)/t21-/m0/s1. The molecule has 1 aliphatic carbocycles. The van der Waals surface area contributed by atoms with Gasteiger partial charge in [-0.05, 0) is 117 Å². The number of hydrogen-bond donors (Lipinski definition) is 1. The number of nitrogens with one attached hydrogen (secondary N) is 1. The second-order valence-electron chi connectivity index (χ2n) is 11.2. The Bertz CT molecular complexity index is 1550. The second kappa shape index (κ2) is 13.2. The number of nitrogens with zero attached hydrogens (tertiary/aromatic N) is 1. The van der Waals surface area contributed by atoms with Gasteiger partial charge in [0.25, 0.3) is 5.91 Å². The number of halogens is 3. The summed E-state index contributed by atoms with van der Waals surface area (Å²) in [4.78, 5) is 19.7. The van der Waals surface area contributed by atoms with Crippen LogP contribution in [-0.2, 0) is 26.0 Å². The number of rotatable bonds is 8. The van der Waals surface area contributed by atoms with Crippen molar-refractivity contribution in [3.63, 3.8) is 0 Å². The molecular formula is C32H31ClI2N2O3S. The van der Waals surface area contributed by atoms with Gasteiger partial charge in [-0.25, -0.2) is 4.99 Å². The van der Waals surface area contributed by atoms with Crippen LogP contribution in [0.5, 0.6) is 5.75 Å². The largest absolute Gasteiger partial charge is 0.487 e. The summed E-state index contributed by atoms with van der Waals surface area (Å²) in [5.41, 5.74) is 3.95. The molecule has 9 heteroatoms. The van der Waals surface area contributed by atoms with Crippen LogP contribution in [0.1, 0.15) is 64.9 Å². The summed E-state index contributed by atoms with van der Waals surface area (Å²) in [6, 6.07) is 15.5. The highest BCUT2D eigenvalue weighted by Crippen LogP contribution is 2.45. The Morgan fingerprint density at radius 3 is 2.63 bits per heavy atom. The molecule has 4 aromatic rings. The molecule has 1 amide bonds. The van der Waals surface area contributed by atoms with Gasteiger partial charge in [0, 0.05) is 21.7 Å². The number of amides is 1. The topological polar surface area (TPSA) is 63.8 Å². The zero-order valence-electron chi connectivity index (χ0n) is 23.1. The number of fused-ring (bicyclic) bond motifs is 1. The minimum absolute atomic E-state index is 0.104. The van der Waals surface area contributed by atoms with Gasteiger partial charge in [-0.15, -0.1) is 11.3 Å². The van der Waals surface area contributed by atoms with Gasteiger partial charge in [0.05, 0.1) is 25.5 Å². The molecule has 0 aliphatic heterocycles. The van der Waals surface area contributed by atoms with E-state index in [-0.39, 0.29) is 11.3 Å². The molecule has 5 rings (SSSR count). The van der Waals surface area contributed by atoms with Crippen LogP contribution in [0.15, 0.2) is 64.2 Å². The van der Waals surface area contributed by atoms with Crippen molar-refractivity contribution in [1.82, 2.24) is 5.32 Å². The van der Waals surface area contributed by atoms with Crippen LogP contribution >= 0.6 is 68.1 Å². The molecule has 0 bridgehead atoms. The number of carbonyl (C=O) groups is 1. The predicted octanol–water partition coefficient (Wildman–Crippen LogP) is 9.61. The van der Waals surface area contributed by atoms with Gasteiger partial charge in [-0.1, -0.05) is 50.6 Å². The summed E-state index contributed by atoms with van der Waals surface area (Å²) in [6.45, 7) is 7.65. The van der Waals surface area contributed by atoms with Gasteiger partial charge in [-0.2, -0.15) is 0 Å². The monoisotopic (exact) mass is 812 g/mol. The van der Waals surface area contributed by atoms with Crippen molar-refractivity contribution in [3.05, 3.63) is 99.8 Å². The Morgan fingerprint density at radius 1 is 1.20 bits per heavy atom. The number of aliphatic imine (C=N–C) groups is 1. The molecule has 214 valence electrons. The molecule has 0 saturated heterocycles. The molecule has 1 atom stereocenters. The van der Waals surface area contributed by atoms with Gasteiger partial charge < -0.3 is 14.5 Å². The quantitative estimate of drug-likeness (QED) is 0.143. The van der Waals surface area contributed by atoms with E-state index in [2.05, 4.69) is 71.3 Å². The van der Waals surface area contributed by atoms with Crippen LogP contribution in [0.3, 0.4) is 0 Å². The van der Waals surface area contributed by atoms with Crippen molar-refractivity contribution in [2.45, 2.75) is 53.2 Å². The third-order valence-electron chi connectivity index (χ3n) is 7.38. The van der Waals surface area contributed by atoms with Crippen LogP contribution in [0.2, 0.25) is 5.02 Å². The molecule has 0 radical (unpaired) electrons. The number of ether oxygens (including phenoxy) is 1. The van der Waals surface area contributed by atoms with Crippen molar-refractivity contribution in [2.24, 2.45) is 16.3 Å². The van der Waals surface area contributed by atoms with Crippen LogP contribution in [0.25, 0.3) is 0 Å². The normalized spacial score (nSPS) is 15.2. The van der Waals surface area contributed by atoms with Gasteiger partial charge in [-0.3, -0.25) is 4.79 Å². The number of benzene rings is 2. The lowest BCUT2D eigenvalue weighted by atomic mass is 9.72. The molecule has 5 nitrogen and oxygen atoms in total. The highest BCUT2D eigenvalue weighted by Gasteiger charge is 2.33. The molecule has 1 aliphatic rings. The van der Waals surface area contributed by atoms with Gasteiger partial charge >= 0.3 is 0 Å². The van der Waals surface area contributed by atoms with Crippen molar-refractivity contribution in [1.29, 1.82) is 0 Å². The van der Waals surface area contributed by atoms with Crippen molar-refractivity contribution >= 4 is 85.2 Å². The molecule has 0 spiro atoms. The summed E-state index contributed by atoms with van der Waals surface area (Å²) in [7, 11) is 0. The summed E-state index contributed by atoms with van der Waals surface area (Å²) < 4.78 is 13.5. The molecule has 41 heavy (non-hydrogen) atoms. The maximum atomic E-state index is 13.5. The summed E-state index contributed by atoms with van der Waals surface area (Å²) in [5, 5.41) is 4.49. The lowest BCUT2D eigenvalue weighted by Gasteiger charge is -2.33. The van der Waals surface area contributed by atoms with Crippen molar-refractivity contribution < 1.29 is 13.9 Å². The molecule has 0 fully saturated rings. The number of carbonyl (C=O) groups excluding carboxylic acids is 1. The van der Waals surface area contributed by atoms with E-state index in [4.69, 9.17) is 25.7 Å². The average molecular weight is 813 g/mol. The van der Waals surface area contributed by atoms with Crippen LogP contribution in [0.4, 0.5) is 5.00 Å². The molecule has 2 aromatic heterocycles. The molecule has 1 N–H and O–H groups in total. The zero-order valence-corrected chi connectivity index (χ0v) is 29.0. The minimum Gasteiger partial charge on any atom is -0.487 e. The first kappa shape index (κ1) is 30.6. The smallest absolute Gasteiger partial charge is 0.255 e. The fraction of sp³-hybridized carbons (Fsp3) is 0.312. The second-order valence-corrected chi connectivity index (χ2v) is 15.0. The van der Waals surface area contributed by atoms with E-state index in [1.807, 2.05) is 54.7 Å². The number of furan rings is 1. The van der Waals surface area contributed by atoms with E-state index in [1.165, 1.54) is 4.88 Å². The van der Waals surface area contributed by atoms with Gasteiger partial charge in [0.15, 0.2) is 0 Å². The van der Waals surface area contributed by atoms with Crippen LogP contribution in [-0.4, -0.2) is 12.1 Å². The van der Waals surface area contributed by atoms with Crippen LogP contribution in [0, 0.1) is 18.5 Å². The third kappa shape index (κ3) is 7.37. The highest BCUT2D eigenvalue weighted by molar-refractivity contribution is 14.1. The molecule has 0 saturated carbocycles. The predicted molar refractivity (Wildman–Crippen MR) is 184 cm³/mol. The maximum Gasteiger partial charge on any atom is 0.255 e. The minimum atomic E-state index is -0.104. The fourth-order valence-electron chi connectivity index (χ4n) is 5.00. The Balaban J connectivity index is 1.40. The summed E-state index contributed by atoms with van der Waals surface area (Å²) >= 11 is 12.5. The first-order valence-corrected chi connectivity index (χ1v) is 16.8. The Hall–Kier alpha value is -1.89.